The van der Waals surface area contributed by atoms with Gasteiger partial charge in [0.2, 0.25) is 0 Å². The van der Waals surface area contributed by atoms with Crippen LogP contribution in [-0.2, 0) is 0 Å². The Morgan fingerprint density at radius 3 is 2.67 bits per heavy atom. The average molecular weight is 289 g/mol. The molecule has 0 aromatic rings. The molecule has 6 atom stereocenters. The molecule has 3 fully saturated rings. The molecule has 4 rings (SSSR count). The summed E-state index contributed by atoms with van der Waals surface area (Å²) in [5, 5.41) is 10.7. The summed E-state index contributed by atoms with van der Waals surface area (Å²) >= 11 is 0. The van der Waals surface area contributed by atoms with Gasteiger partial charge in [0, 0.05) is 5.41 Å². The molecule has 0 amide bonds. The van der Waals surface area contributed by atoms with Crippen LogP contribution in [0.15, 0.2) is 11.6 Å². The minimum absolute atomic E-state index is 0.0413. The highest BCUT2D eigenvalue weighted by Crippen LogP contribution is 2.66. The second kappa shape index (κ2) is 4.35. The fourth-order valence-electron chi connectivity index (χ4n) is 6.81. The lowest BCUT2D eigenvalue weighted by atomic mass is 9.47. The van der Waals surface area contributed by atoms with Crippen LogP contribution in [0, 0.1) is 28.6 Å². The summed E-state index contributed by atoms with van der Waals surface area (Å²) < 4.78 is 0. The molecule has 0 aromatic heterocycles. The van der Waals surface area contributed by atoms with Crippen molar-refractivity contribution >= 4 is 0 Å². The van der Waals surface area contributed by atoms with Gasteiger partial charge in [-0.05, 0) is 81.0 Å². The maximum Gasteiger partial charge on any atom is 0.119 e. The summed E-state index contributed by atoms with van der Waals surface area (Å²) in [4.78, 5) is 0. The van der Waals surface area contributed by atoms with Gasteiger partial charge in [-0.2, -0.15) is 0 Å². The van der Waals surface area contributed by atoms with E-state index >= 15 is 0 Å². The molecule has 0 spiro atoms. The smallest absolute Gasteiger partial charge is 0.119 e. The number of aliphatic hydroxyl groups is 1. The third-order valence-electron chi connectivity index (χ3n) is 8.24. The van der Waals surface area contributed by atoms with Crippen molar-refractivity contribution in [3.63, 3.8) is 0 Å². The van der Waals surface area contributed by atoms with E-state index in [1.165, 1.54) is 38.5 Å². The van der Waals surface area contributed by atoms with E-state index in [-0.39, 0.29) is 5.41 Å². The third-order valence-corrected chi connectivity index (χ3v) is 8.24. The molecule has 0 bridgehead atoms. The molecule has 4 aliphatic carbocycles. The van der Waals surface area contributed by atoms with Gasteiger partial charge in [-0.1, -0.05) is 25.5 Å². The van der Waals surface area contributed by atoms with E-state index < -0.39 is 5.72 Å². The molecular weight excluding hydrogens is 258 g/mol. The predicted octanol–water partition coefficient (Wildman–Crippen LogP) is 3.99. The molecule has 21 heavy (non-hydrogen) atoms. The second-order valence-corrected chi connectivity index (χ2v) is 8.87. The first kappa shape index (κ1) is 14.3. The zero-order chi connectivity index (χ0) is 14.9. The highest BCUT2D eigenvalue weighted by Gasteiger charge is 2.62. The number of nitrogens with two attached hydrogens (primary N) is 1. The van der Waals surface area contributed by atoms with Gasteiger partial charge in [0.15, 0.2) is 0 Å². The summed E-state index contributed by atoms with van der Waals surface area (Å²) in [5.74, 6) is 2.28. The fourth-order valence-corrected chi connectivity index (χ4v) is 6.81. The van der Waals surface area contributed by atoms with Crippen molar-refractivity contribution < 1.29 is 5.11 Å². The van der Waals surface area contributed by atoms with Crippen LogP contribution in [0.25, 0.3) is 0 Å². The van der Waals surface area contributed by atoms with Crippen molar-refractivity contribution in [1.82, 2.24) is 0 Å². The lowest BCUT2D eigenvalue weighted by Gasteiger charge is -2.58. The SMILES string of the molecule is C[C@]12CCCC=C1CC[C@@H]1[C@H]2CC[C@@]2(C)[C@H]1CCC2(N)O. The van der Waals surface area contributed by atoms with Crippen molar-refractivity contribution in [1.29, 1.82) is 0 Å². The zero-order valence-electron chi connectivity index (χ0n) is 13.7. The van der Waals surface area contributed by atoms with Crippen LogP contribution >= 0.6 is 0 Å². The Morgan fingerprint density at radius 1 is 1.10 bits per heavy atom. The Morgan fingerprint density at radius 2 is 1.86 bits per heavy atom. The molecule has 0 heterocycles. The Bertz CT molecular complexity index is 482. The zero-order valence-corrected chi connectivity index (χ0v) is 13.7. The van der Waals surface area contributed by atoms with Crippen molar-refractivity contribution in [3.05, 3.63) is 11.6 Å². The van der Waals surface area contributed by atoms with Crippen molar-refractivity contribution in [2.45, 2.75) is 77.4 Å². The summed E-state index contributed by atoms with van der Waals surface area (Å²) in [6.45, 7) is 4.82. The second-order valence-electron chi connectivity index (χ2n) is 8.87. The highest BCUT2D eigenvalue weighted by atomic mass is 16.3. The predicted molar refractivity (Wildman–Crippen MR) is 85.5 cm³/mol. The van der Waals surface area contributed by atoms with Gasteiger partial charge in [-0.3, -0.25) is 0 Å². The summed E-state index contributed by atoms with van der Waals surface area (Å²) in [7, 11) is 0. The van der Waals surface area contributed by atoms with Gasteiger partial charge < -0.3 is 10.8 Å². The normalized spacial score (nSPS) is 56.2. The van der Waals surface area contributed by atoms with Gasteiger partial charge in [0.1, 0.15) is 5.72 Å². The Labute approximate surface area is 129 Å². The monoisotopic (exact) mass is 289 g/mol. The van der Waals surface area contributed by atoms with Crippen molar-refractivity contribution in [3.8, 4) is 0 Å². The maximum absolute atomic E-state index is 10.7. The van der Waals surface area contributed by atoms with Crippen LogP contribution in [0.2, 0.25) is 0 Å². The summed E-state index contributed by atoms with van der Waals surface area (Å²) in [5.41, 5.74) is 7.55. The average Bonchev–Trinajstić information content (AvgIpc) is 2.69. The van der Waals surface area contributed by atoms with Gasteiger partial charge in [0.25, 0.3) is 0 Å². The Hall–Kier alpha value is -0.340. The van der Waals surface area contributed by atoms with Crippen LogP contribution in [0.3, 0.4) is 0 Å². The highest BCUT2D eigenvalue weighted by molar-refractivity contribution is 5.24. The Balaban J connectivity index is 1.69. The molecule has 2 heteroatoms. The fraction of sp³-hybridized carbons (Fsp3) is 0.895. The van der Waals surface area contributed by atoms with E-state index in [0.717, 1.165) is 31.1 Å². The molecule has 0 radical (unpaired) electrons. The summed E-state index contributed by atoms with van der Waals surface area (Å²) in [6.07, 6.45) is 13.6. The van der Waals surface area contributed by atoms with Gasteiger partial charge in [-0.25, -0.2) is 0 Å². The van der Waals surface area contributed by atoms with Crippen LogP contribution in [-0.4, -0.2) is 10.8 Å². The summed E-state index contributed by atoms with van der Waals surface area (Å²) in [6, 6.07) is 0. The lowest BCUT2D eigenvalue weighted by molar-refractivity contribution is -0.124. The molecule has 1 unspecified atom stereocenters. The van der Waals surface area contributed by atoms with Crippen LogP contribution in [0.1, 0.15) is 71.6 Å². The van der Waals surface area contributed by atoms with E-state index in [2.05, 4.69) is 19.9 Å². The molecular formula is C19H31NO. The molecule has 2 nitrogen and oxygen atoms in total. The van der Waals surface area contributed by atoms with Crippen molar-refractivity contribution in [2.75, 3.05) is 0 Å². The van der Waals surface area contributed by atoms with Gasteiger partial charge in [0.05, 0.1) is 0 Å². The van der Waals surface area contributed by atoms with E-state index in [1.807, 2.05) is 0 Å². The van der Waals surface area contributed by atoms with E-state index in [4.69, 9.17) is 5.73 Å². The molecule has 3 saturated carbocycles. The first-order chi connectivity index (χ1) is 9.88. The molecule has 4 aliphatic rings. The topological polar surface area (TPSA) is 46.2 Å². The molecule has 3 N–H and O–H groups in total. The van der Waals surface area contributed by atoms with Gasteiger partial charge >= 0.3 is 0 Å². The standard InChI is InChI=1S/C19H31NO/c1-17-10-4-3-5-13(17)6-7-14-15(17)8-11-18(2)16(14)9-12-19(18,20)21/h5,14-16,21H,3-4,6-12,20H2,1-2H3/t14-,15-,16+,17+,18+,19?/m1/s1. The number of hydrogen-bond donors (Lipinski definition) is 2. The lowest BCUT2D eigenvalue weighted by Crippen LogP contribution is -2.58. The third kappa shape index (κ3) is 1.72. The quantitative estimate of drug-likeness (QED) is 0.523. The molecule has 0 saturated heterocycles. The first-order valence-corrected chi connectivity index (χ1v) is 9.09. The van der Waals surface area contributed by atoms with Crippen LogP contribution in [0.4, 0.5) is 0 Å². The minimum Gasteiger partial charge on any atom is -0.376 e. The van der Waals surface area contributed by atoms with Gasteiger partial charge in [-0.15, -0.1) is 0 Å². The molecule has 0 aliphatic heterocycles. The van der Waals surface area contributed by atoms with Crippen molar-refractivity contribution in [2.24, 2.45) is 34.3 Å². The number of rotatable bonds is 0. The molecule has 0 aromatic carbocycles. The van der Waals surface area contributed by atoms with E-state index in [1.54, 1.807) is 5.57 Å². The Kier molecular flexibility index (Phi) is 2.96. The molecule has 118 valence electrons. The number of hydrogen-bond acceptors (Lipinski definition) is 2. The maximum atomic E-state index is 10.7. The van der Waals surface area contributed by atoms with Crippen LogP contribution in [0.5, 0.6) is 0 Å². The van der Waals surface area contributed by atoms with E-state index in [0.29, 0.717) is 11.3 Å². The van der Waals surface area contributed by atoms with Crippen LogP contribution < -0.4 is 5.73 Å². The number of fused-ring (bicyclic) bond motifs is 5. The van der Waals surface area contributed by atoms with E-state index in [9.17, 15) is 5.11 Å². The number of allylic oxidation sites excluding steroid dienone is 2. The minimum atomic E-state index is -0.924. The largest absolute Gasteiger partial charge is 0.376 e. The first-order valence-electron chi connectivity index (χ1n) is 9.09.